The first-order valence-electron chi connectivity index (χ1n) is 7.69. The van der Waals surface area contributed by atoms with Crippen LogP contribution in [0.2, 0.25) is 0 Å². The maximum atomic E-state index is 11.9. The molecular weight excluding hydrogens is 316 g/mol. The number of hydrogen-bond acceptors (Lipinski definition) is 5. The fraction of sp³-hybridized carbons (Fsp3) is 0.500. The van der Waals surface area contributed by atoms with Crippen LogP contribution in [-0.2, 0) is 4.74 Å². The maximum Gasteiger partial charge on any atom is 0.430 e. The number of likely N-dealkylation sites (N-methyl/N-ethyl adjacent to an activating group) is 1. The van der Waals surface area contributed by atoms with Gasteiger partial charge in [-0.15, -0.1) is 12.4 Å². The second-order valence-electron chi connectivity index (χ2n) is 5.85. The van der Waals surface area contributed by atoms with E-state index >= 15 is 0 Å². The van der Waals surface area contributed by atoms with Gasteiger partial charge in [-0.25, -0.2) is 4.79 Å². The van der Waals surface area contributed by atoms with Crippen molar-refractivity contribution in [3.63, 3.8) is 0 Å². The fourth-order valence-corrected chi connectivity index (χ4v) is 2.69. The molecule has 0 saturated carbocycles. The van der Waals surface area contributed by atoms with Crippen molar-refractivity contribution in [3.05, 3.63) is 35.9 Å². The van der Waals surface area contributed by atoms with Crippen molar-refractivity contribution in [2.45, 2.75) is 6.10 Å². The van der Waals surface area contributed by atoms with E-state index in [4.69, 9.17) is 4.74 Å². The Kier molecular flexibility index (Phi) is 6.38. The lowest BCUT2D eigenvalue weighted by Gasteiger charge is -2.33. The number of nitrogens with zero attached hydrogens (tertiary/aromatic N) is 4. The quantitative estimate of drug-likeness (QED) is 0.781. The molecule has 23 heavy (non-hydrogen) atoms. The van der Waals surface area contributed by atoms with Gasteiger partial charge in [0.1, 0.15) is 6.10 Å². The van der Waals surface area contributed by atoms with Crippen LogP contribution in [0.4, 0.5) is 4.79 Å². The first kappa shape index (κ1) is 17.7. The summed E-state index contributed by atoms with van der Waals surface area (Å²) in [6, 6.07) is 9.74. The summed E-state index contributed by atoms with van der Waals surface area (Å²) < 4.78 is 5.41. The van der Waals surface area contributed by atoms with Gasteiger partial charge in [0.15, 0.2) is 0 Å². The summed E-state index contributed by atoms with van der Waals surface area (Å²) in [7, 11) is 2.13. The van der Waals surface area contributed by atoms with Crippen LogP contribution in [0.25, 0.3) is 0 Å². The number of hydrogen-bond donors (Lipinski definition) is 0. The number of halogens is 1. The van der Waals surface area contributed by atoms with Crippen LogP contribution in [0, 0.1) is 0 Å². The second kappa shape index (κ2) is 8.29. The highest BCUT2D eigenvalue weighted by molar-refractivity contribution is 5.85. The lowest BCUT2D eigenvalue weighted by atomic mass is 10.2. The molecule has 1 amide bonds. The molecule has 1 unspecified atom stereocenters. The van der Waals surface area contributed by atoms with Gasteiger partial charge in [-0.3, -0.25) is 4.90 Å². The Bertz CT molecular complexity index is 532. The Morgan fingerprint density at radius 1 is 1.22 bits per heavy atom. The van der Waals surface area contributed by atoms with Gasteiger partial charge in [-0.1, -0.05) is 30.3 Å². The largest absolute Gasteiger partial charge is 0.441 e. The van der Waals surface area contributed by atoms with Crippen LogP contribution in [0.3, 0.4) is 0 Å². The minimum absolute atomic E-state index is 0. The molecule has 2 heterocycles. The molecule has 7 heteroatoms. The zero-order valence-corrected chi connectivity index (χ0v) is 14.1. The summed E-state index contributed by atoms with van der Waals surface area (Å²) in [4.78, 5) is 16.5. The number of rotatable bonds is 4. The zero-order valence-electron chi connectivity index (χ0n) is 13.3. The Morgan fingerprint density at radius 3 is 2.61 bits per heavy atom. The monoisotopic (exact) mass is 338 g/mol. The van der Waals surface area contributed by atoms with E-state index in [9.17, 15) is 4.79 Å². The number of carbonyl (C=O) groups is 1. The minimum atomic E-state index is -0.355. The average Bonchev–Trinajstić information content (AvgIpc) is 2.88. The molecule has 126 valence electrons. The molecule has 3 rings (SSSR count). The van der Waals surface area contributed by atoms with E-state index in [1.165, 1.54) is 5.01 Å². The third kappa shape index (κ3) is 4.92. The van der Waals surface area contributed by atoms with E-state index in [1.807, 2.05) is 30.3 Å². The lowest BCUT2D eigenvalue weighted by molar-refractivity contribution is 0.0835. The molecule has 2 fully saturated rings. The molecular formula is C16H23ClN4O2. The van der Waals surface area contributed by atoms with E-state index < -0.39 is 0 Å². The van der Waals surface area contributed by atoms with Crippen molar-refractivity contribution in [1.29, 1.82) is 0 Å². The predicted molar refractivity (Wildman–Crippen MR) is 92.2 cm³/mol. The van der Waals surface area contributed by atoms with E-state index in [0.717, 1.165) is 38.3 Å². The van der Waals surface area contributed by atoms with Crippen molar-refractivity contribution < 1.29 is 9.53 Å². The number of amides is 1. The number of ether oxygens (including phenoxy) is 1. The van der Waals surface area contributed by atoms with Gasteiger partial charge in [0.2, 0.25) is 0 Å². The molecule has 6 nitrogen and oxygen atoms in total. The molecule has 1 atom stereocenters. The van der Waals surface area contributed by atoms with Gasteiger partial charge >= 0.3 is 6.09 Å². The van der Waals surface area contributed by atoms with Crippen LogP contribution >= 0.6 is 12.4 Å². The van der Waals surface area contributed by atoms with Gasteiger partial charge in [-0.2, -0.15) is 10.1 Å². The van der Waals surface area contributed by atoms with Crippen LogP contribution in [0.1, 0.15) is 5.56 Å². The Hall–Kier alpha value is -1.63. The van der Waals surface area contributed by atoms with Crippen LogP contribution in [-0.4, -0.2) is 79.5 Å². The molecule has 0 N–H and O–H groups in total. The highest BCUT2D eigenvalue weighted by atomic mass is 35.5. The van der Waals surface area contributed by atoms with Gasteiger partial charge in [0.25, 0.3) is 0 Å². The highest BCUT2D eigenvalue weighted by Gasteiger charge is 2.32. The summed E-state index contributed by atoms with van der Waals surface area (Å²) >= 11 is 0. The molecule has 0 radical (unpaired) electrons. The van der Waals surface area contributed by atoms with Gasteiger partial charge in [0, 0.05) is 32.7 Å². The molecule has 2 saturated heterocycles. The second-order valence-corrected chi connectivity index (χ2v) is 5.85. The predicted octanol–water partition coefficient (Wildman–Crippen LogP) is 1.51. The van der Waals surface area contributed by atoms with Gasteiger partial charge in [0.05, 0.1) is 12.8 Å². The summed E-state index contributed by atoms with van der Waals surface area (Å²) in [5.41, 5.74) is 0.970. The molecule has 0 spiro atoms. The topological polar surface area (TPSA) is 48.4 Å². The lowest BCUT2D eigenvalue weighted by Crippen LogP contribution is -2.47. The molecule has 0 aromatic heterocycles. The van der Waals surface area contributed by atoms with E-state index in [0.29, 0.717) is 6.54 Å². The number of cyclic esters (lactones) is 1. The Morgan fingerprint density at radius 2 is 1.91 bits per heavy atom. The maximum absolute atomic E-state index is 11.9. The van der Waals surface area contributed by atoms with Crippen LogP contribution in [0.15, 0.2) is 35.4 Å². The van der Waals surface area contributed by atoms with Crippen LogP contribution < -0.4 is 0 Å². The van der Waals surface area contributed by atoms with Crippen molar-refractivity contribution in [2.24, 2.45) is 5.10 Å². The standard InChI is InChI=1S/C16H22N4O2.ClH/c1-18-7-9-19(10-8-18)12-15-13-20(16(21)22-15)17-11-14-5-3-2-4-6-14;/h2-6,11,15H,7-10,12-13H2,1H3;1H/b17-11+;. The zero-order chi connectivity index (χ0) is 15.4. The minimum Gasteiger partial charge on any atom is -0.441 e. The smallest absolute Gasteiger partial charge is 0.430 e. The Labute approximate surface area is 143 Å². The molecule has 2 aliphatic rings. The van der Waals surface area contributed by atoms with Crippen molar-refractivity contribution in [2.75, 3.05) is 46.3 Å². The average molecular weight is 339 g/mol. The summed E-state index contributed by atoms with van der Waals surface area (Å²) in [5.74, 6) is 0. The third-order valence-electron chi connectivity index (χ3n) is 4.06. The molecule has 0 aliphatic carbocycles. The summed E-state index contributed by atoms with van der Waals surface area (Å²) in [6.45, 7) is 5.49. The van der Waals surface area contributed by atoms with E-state index in [-0.39, 0.29) is 24.6 Å². The Balaban J connectivity index is 0.00000192. The molecule has 1 aromatic carbocycles. The van der Waals surface area contributed by atoms with E-state index in [1.54, 1.807) is 6.21 Å². The summed E-state index contributed by atoms with van der Waals surface area (Å²) in [5, 5.41) is 5.65. The first-order valence-corrected chi connectivity index (χ1v) is 7.69. The molecule has 2 aliphatic heterocycles. The highest BCUT2D eigenvalue weighted by Crippen LogP contribution is 2.14. The normalized spacial score (nSPS) is 23.1. The SMILES string of the molecule is CN1CCN(CC2CN(/N=C/c3ccccc3)C(=O)O2)CC1.Cl. The fourth-order valence-electron chi connectivity index (χ4n) is 2.69. The van der Waals surface area contributed by atoms with Crippen molar-refractivity contribution in [3.8, 4) is 0 Å². The number of hydrazone groups is 1. The van der Waals surface area contributed by atoms with Crippen molar-refractivity contribution >= 4 is 24.7 Å². The van der Waals surface area contributed by atoms with E-state index in [2.05, 4.69) is 21.9 Å². The first-order chi connectivity index (χ1) is 10.7. The third-order valence-corrected chi connectivity index (χ3v) is 4.06. The van der Waals surface area contributed by atoms with Crippen molar-refractivity contribution in [1.82, 2.24) is 14.8 Å². The van der Waals surface area contributed by atoms with Gasteiger partial charge < -0.3 is 9.64 Å². The molecule has 1 aromatic rings. The van der Waals surface area contributed by atoms with Crippen LogP contribution in [0.5, 0.6) is 0 Å². The summed E-state index contributed by atoms with van der Waals surface area (Å²) in [6.07, 6.45) is 1.24. The number of piperazine rings is 1. The number of carbonyl (C=O) groups excluding carboxylic acids is 1. The van der Waals surface area contributed by atoms with Gasteiger partial charge in [-0.05, 0) is 12.6 Å². The number of benzene rings is 1. The molecule has 0 bridgehead atoms.